The zero-order valence-electron chi connectivity index (χ0n) is 5.67. The maximum Gasteiger partial charge on any atom is 0.0299 e. The van der Waals surface area contributed by atoms with E-state index in [1.165, 1.54) is 28.3 Å². The van der Waals surface area contributed by atoms with E-state index in [-0.39, 0.29) is 0 Å². The summed E-state index contributed by atoms with van der Waals surface area (Å²) in [6.07, 6.45) is 4.97. The first-order chi connectivity index (χ1) is 4.43. The molecule has 1 rings (SSSR count). The Morgan fingerprint density at radius 2 is 2.44 bits per heavy atom. The fourth-order valence-corrected chi connectivity index (χ4v) is 1.41. The summed E-state index contributed by atoms with van der Waals surface area (Å²) in [6.45, 7) is 0. The van der Waals surface area contributed by atoms with Crippen LogP contribution in [0.4, 0.5) is 0 Å². The molecule has 0 N–H and O–H groups in total. The van der Waals surface area contributed by atoms with E-state index in [1.807, 2.05) is 18.5 Å². The lowest BCUT2D eigenvalue weighted by atomic mass is 10.2. The fourth-order valence-electron chi connectivity index (χ4n) is 0.835. The highest BCUT2D eigenvalue weighted by atomic mass is 28.1. The predicted octanol–water partition coefficient (Wildman–Crippen LogP) is 0.408. The Morgan fingerprint density at radius 1 is 1.56 bits per heavy atom. The van der Waals surface area contributed by atoms with E-state index in [9.17, 15) is 0 Å². The van der Waals surface area contributed by atoms with Crippen molar-refractivity contribution < 1.29 is 0 Å². The lowest BCUT2D eigenvalue weighted by molar-refractivity contribution is 1.10. The first-order valence-electron chi connectivity index (χ1n) is 3.32. The maximum atomic E-state index is 4.02. The molecule has 0 aromatic carbocycles. The van der Waals surface area contributed by atoms with Crippen LogP contribution in [0.3, 0.4) is 0 Å². The SMILES string of the molecule is [SiH3]CCc1cccnc1. The monoisotopic (exact) mass is 137 g/mol. The van der Waals surface area contributed by atoms with Crippen LogP contribution in [-0.2, 0) is 6.42 Å². The van der Waals surface area contributed by atoms with Crippen molar-refractivity contribution in [2.24, 2.45) is 0 Å². The number of hydrogen-bond acceptors (Lipinski definition) is 1. The lowest BCUT2D eigenvalue weighted by Crippen LogP contribution is -1.83. The van der Waals surface area contributed by atoms with Crippen molar-refractivity contribution in [3.05, 3.63) is 30.1 Å². The van der Waals surface area contributed by atoms with Gasteiger partial charge in [0.15, 0.2) is 0 Å². The second-order valence-electron chi connectivity index (χ2n) is 2.11. The number of aromatic nitrogens is 1. The average Bonchev–Trinajstić information content (AvgIpc) is 1.91. The van der Waals surface area contributed by atoms with Crippen LogP contribution in [0, 0.1) is 0 Å². The van der Waals surface area contributed by atoms with Crippen LogP contribution in [0.25, 0.3) is 0 Å². The smallest absolute Gasteiger partial charge is 0.0299 e. The van der Waals surface area contributed by atoms with Gasteiger partial charge in [-0.25, -0.2) is 0 Å². The second kappa shape index (κ2) is 3.40. The Hall–Kier alpha value is -0.633. The Kier molecular flexibility index (Phi) is 2.45. The van der Waals surface area contributed by atoms with Gasteiger partial charge >= 0.3 is 0 Å². The van der Waals surface area contributed by atoms with E-state index in [2.05, 4.69) is 11.1 Å². The Bertz CT molecular complexity index is 162. The standard InChI is InChI=1S/C7H11NSi/c9-5-3-7-2-1-4-8-6-7/h1-2,4,6H,3,5H2,9H3. The summed E-state index contributed by atoms with van der Waals surface area (Å²) in [6, 6.07) is 5.46. The summed E-state index contributed by atoms with van der Waals surface area (Å²) >= 11 is 0. The zero-order chi connectivity index (χ0) is 6.53. The summed E-state index contributed by atoms with van der Waals surface area (Å²) in [5.74, 6) is 0. The molecule has 2 heteroatoms. The van der Waals surface area contributed by atoms with Crippen LogP contribution in [0.15, 0.2) is 24.5 Å². The van der Waals surface area contributed by atoms with Crippen LogP contribution in [-0.4, -0.2) is 15.2 Å². The molecule has 0 bridgehead atoms. The van der Waals surface area contributed by atoms with Gasteiger partial charge in [-0.15, -0.1) is 0 Å². The Morgan fingerprint density at radius 3 is 3.00 bits per heavy atom. The summed E-state index contributed by atoms with van der Waals surface area (Å²) < 4.78 is 0. The van der Waals surface area contributed by atoms with Gasteiger partial charge in [0.05, 0.1) is 0 Å². The number of rotatable bonds is 2. The summed E-state index contributed by atoms with van der Waals surface area (Å²) in [5.41, 5.74) is 1.37. The molecule has 0 saturated heterocycles. The van der Waals surface area contributed by atoms with Gasteiger partial charge in [-0.05, 0) is 18.1 Å². The average molecular weight is 137 g/mol. The largest absolute Gasteiger partial charge is 0.264 e. The van der Waals surface area contributed by atoms with Crippen molar-refractivity contribution in [2.75, 3.05) is 0 Å². The molecule has 9 heavy (non-hydrogen) atoms. The number of aryl methyl sites for hydroxylation is 1. The Balaban J connectivity index is 2.61. The van der Waals surface area contributed by atoms with Crippen LogP contribution < -0.4 is 0 Å². The molecule has 1 heterocycles. The van der Waals surface area contributed by atoms with Gasteiger partial charge < -0.3 is 0 Å². The van der Waals surface area contributed by atoms with E-state index in [1.54, 1.807) is 0 Å². The molecule has 48 valence electrons. The van der Waals surface area contributed by atoms with Crippen molar-refractivity contribution in [1.29, 1.82) is 0 Å². The first kappa shape index (κ1) is 6.49. The molecule has 1 aromatic heterocycles. The van der Waals surface area contributed by atoms with E-state index >= 15 is 0 Å². The second-order valence-corrected chi connectivity index (χ2v) is 3.11. The highest BCUT2D eigenvalue weighted by Crippen LogP contribution is 1.97. The van der Waals surface area contributed by atoms with Crippen molar-refractivity contribution >= 4 is 10.2 Å². The maximum absolute atomic E-state index is 4.02. The third kappa shape index (κ3) is 1.97. The highest BCUT2D eigenvalue weighted by molar-refractivity contribution is 6.08. The zero-order valence-corrected chi connectivity index (χ0v) is 7.67. The fraction of sp³-hybridized carbons (Fsp3) is 0.286. The van der Waals surface area contributed by atoms with Crippen LogP contribution >= 0.6 is 0 Å². The normalized spacial score (nSPS) is 9.78. The molecule has 0 amide bonds. The van der Waals surface area contributed by atoms with Crippen LogP contribution in [0.2, 0.25) is 6.04 Å². The molecule has 1 aromatic rings. The Labute approximate surface area is 58.6 Å². The van der Waals surface area contributed by atoms with Gasteiger partial charge in [-0.2, -0.15) is 0 Å². The third-order valence-electron chi connectivity index (χ3n) is 1.26. The molecule has 0 radical (unpaired) electrons. The van der Waals surface area contributed by atoms with Gasteiger partial charge in [0.2, 0.25) is 0 Å². The number of pyridine rings is 1. The predicted molar refractivity (Wildman–Crippen MR) is 42.7 cm³/mol. The number of hydrogen-bond donors (Lipinski definition) is 0. The summed E-state index contributed by atoms with van der Waals surface area (Å²) in [5, 5.41) is 0. The van der Waals surface area contributed by atoms with Crippen LogP contribution in [0.1, 0.15) is 5.56 Å². The minimum atomic E-state index is 1.21. The minimum Gasteiger partial charge on any atom is -0.264 e. The van der Waals surface area contributed by atoms with Gasteiger partial charge in [-0.3, -0.25) is 4.98 Å². The minimum absolute atomic E-state index is 1.21. The molecule has 0 unspecified atom stereocenters. The van der Waals surface area contributed by atoms with E-state index in [0.717, 1.165) is 0 Å². The number of nitrogens with zero attached hydrogens (tertiary/aromatic N) is 1. The van der Waals surface area contributed by atoms with Crippen molar-refractivity contribution in [3.8, 4) is 0 Å². The van der Waals surface area contributed by atoms with E-state index in [0.29, 0.717) is 0 Å². The van der Waals surface area contributed by atoms with Gasteiger partial charge in [-0.1, -0.05) is 12.1 Å². The van der Waals surface area contributed by atoms with E-state index < -0.39 is 0 Å². The van der Waals surface area contributed by atoms with Crippen LogP contribution in [0.5, 0.6) is 0 Å². The molecule has 0 atom stereocenters. The van der Waals surface area contributed by atoms with Crippen molar-refractivity contribution in [1.82, 2.24) is 4.98 Å². The molecule has 0 aliphatic rings. The van der Waals surface area contributed by atoms with Crippen molar-refractivity contribution in [2.45, 2.75) is 12.5 Å². The molecular formula is C7H11NSi. The van der Waals surface area contributed by atoms with Gasteiger partial charge in [0.25, 0.3) is 0 Å². The highest BCUT2D eigenvalue weighted by Gasteiger charge is 1.85. The molecule has 0 saturated carbocycles. The molecular weight excluding hydrogens is 126 g/mol. The summed E-state index contributed by atoms with van der Waals surface area (Å²) in [7, 11) is 1.30. The quantitative estimate of drug-likeness (QED) is 0.538. The molecule has 0 aliphatic heterocycles. The molecule has 0 aliphatic carbocycles. The molecule has 1 nitrogen and oxygen atoms in total. The van der Waals surface area contributed by atoms with Gasteiger partial charge in [0.1, 0.15) is 0 Å². The summed E-state index contributed by atoms with van der Waals surface area (Å²) in [4.78, 5) is 4.02. The van der Waals surface area contributed by atoms with Gasteiger partial charge in [0, 0.05) is 22.6 Å². The first-order valence-corrected chi connectivity index (χ1v) is 4.74. The van der Waals surface area contributed by atoms with E-state index in [4.69, 9.17) is 0 Å². The topological polar surface area (TPSA) is 12.9 Å². The van der Waals surface area contributed by atoms with Crippen molar-refractivity contribution in [3.63, 3.8) is 0 Å². The molecule has 0 spiro atoms. The third-order valence-corrected chi connectivity index (χ3v) is 1.76. The molecule has 0 fully saturated rings. The lowest BCUT2D eigenvalue weighted by Gasteiger charge is -1.92.